The van der Waals surface area contributed by atoms with Gasteiger partial charge in [0.15, 0.2) is 0 Å². The normalized spacial score (nSPS) is 28.5. The van der Waals surface area contributed by atoms with Gasteiger partial charge in [0, 0.05) is 32.3 Å². The van der Waals surface area contributed by atoms with Crippen molar-refractivity contribution in [1.82, 2.24) is 9.80 Å². The smallest absolute Gasteiger partial charge is 0.0319 e. The number of aliphatic hydroxyl groups excluding tert-OH is 1. The van der Waals surface area contributed by atoms with E-state index in [0.717, 1.165) is 19.6 Å². The molecule has 0 radical (unpaired) electrons. The Morgan fingerprint density at radius 2 is 1.64 bits per heavy atom. The number of allylic oxidation sites excluding steroid dienone is 2. The Morgan fingerprint density at radius 1 is 0.955 bits per heavy atom. The van der Waals surface area contributed by atoms with Crippen LogP contribution in [0, 0.1) is 0 Å². The van der Waals surface area contributed by atoms with Crippen molar-refractivity contribution in [3.63, 3.8) is 0 Å². The molecule has 1 unspecified atom stereocenters. The van der Waals surface area contributed by atoms with Crippen molar-refractivity contribution >= 4 is 0 Å². The zero-order valence-electron chi connectivity index (χ0n) is 14.5. The van der Waals surface area contributed by atoms with Crippen LogP contribution < -0.4 is 0 Å². The lowest BCUT2D eigenvalue weighted by Crippen LogP contribution is -2.48. The lowest BCUT2D eigenvalue weighted by Gasteiger charge is -2.42. The van der Waals surface area contributed by atoms with E-state index in [2.05, 4.69) is 35.0 Å². The molecule has 3 heteroatoms. The SMILES string of the molecule is CC1=CCC(N2CCC(N3CCCCC3)CC2)C=CC1.CO. The minimum Gasteiger partial charge on any atom is -0.400 e. The molecule has 0 bridgehead atoms. The lowest BCUT2D eigenvalue weighted by molar-refractivity contribution is 0.0819. The maximum absolute atomic E-state index is 7.00. The molecule has 1 N–H and O–H groups in total. The van der Waals surface area contributed by atoms with Gasteiger partial charge in [-0.2, -0.15) is 0 Å². The first-order valence-corrected chi connectivity index (χ1v) is 9.08. The molecule has 2 aliphatic heterocycles. The maximum Gasteiger partial charge on any atom is 0.0319 e. The number of nitrogens with zero attached hydrogens (tertiary/aromatic N) is 2. The van der Waals surface area contributed by atoms with Gasteiger partial charge in [-0.25, -0.2) is 0 Å². The molecule has 2 fully saturated rings. The fraction of sp³-hybridized carbons (Fsp3) is 0.789. The number of rotatable bonds is 2. The molecule has 2 heterocycles. The minimum absolute atomic E-state index is 0.662. The van der Waals surface area contributed by atoms with Gasteiger partial charge in [0.05, 0.1) is 0 Å². The van der Waals surface area contributed by atoms with Gasteiger partial charge in [0.25, 0.3) is 0 Å². The summed E-state index contributed by atoms with van der Waals surface area (Å²) in [6.45, 7) is 7.56. The zero-order chi connectivity index (χ0) is 15.8. The highest BCUT2D eigenvalue weighted by molar-refractivity contribution is 5.13. The molecule has 0 aromatic rings. The Hall–Kier alpha value is -0.640. The maximum atomic E-state index is 7.00. The molecule has 1 atom stereocenters. The third-order valence-electron chi connectivity index (χ3n) is 5.38. The van der Waals surface area contributed by atoms with Crippen LogP contribution in [0.2, 0.25) is 0 Å². The van der Waals surface area contributed by atoms with Crippen LogP contribution in [0.4, 0.5) is 0 Å². The Balaban J connectivity index is 0.000000847. The van der Waals surface area contributed by atoms with Gasteiger partial charge in [-0.1, -0.05) is 30.2 Å². The average molecular weight is 306 g/mol. The van der Waals surface area contributed by atoms with E-state index in [9.17, 15) is 0 Å². The Kier molecular flexibility index (Phi) is 7.64. The van der Waals surface area contributed by atoms with Gasteiger partial charge >= 0.3 is 0 Å². The van der Waals surface area contributed by atoms with Gasteiger partial charge in [-0.3, -0.25) is 4.90 Å². The summed E-state index contributed by atoms with van der Waals surface area (Å²) in [6, 6.07) is 1.54. The summed E-state index contributed by atoms with van der Waals surface area (Å²) in [5.41, 5.74) is 1.53. The van der Waals surface area contributed by atoms with Crippen molar-refractivity contribution in [1.29, 1.82) is 0 Å². The molecule has 1 aliphatic carbocycles. The van der Waals surface area contributed by atoms with Crippen molar-refractivity contribution in [3.05, 3.63) is 23.8 Å². The summed E-state index contributed by atoms with van der Waals surface area (Å²) in [4.78, 5) is 5.49. The predicted molar refractivity (Wildman–Crippen MR) is 94.1 cm³/mol. The van der Waals surface area contributed by atoms with Gasteiger partial charge < -0.3 is 10.0 Å². The first-order valence-electron chi connectivity index (χ1n) is 9.08. The average Bonchev–Trinajstić information content (AvgIpc) is 2.82. The van der Waals surface area contributed by atoms with Gasteiger partial charge in [-0.05, 0) is 58.5 Å². The molecule has 3 nitrogen and oxygen atoms in total. The zero-order valence-corrected chi connectivity index (χ0v) is 14.5. The largest absolute Gasteiger partial charge is 0.400 e. The van der Waals surface area contributed by atoms with Crippen molar-refractivity contribution in [2.45, 2.75) is 64.0 Å². The monoisotopic (exact) mass is 306 g/mol. The minimum atomic E-state index is 0.662. The van der Waals surface area contributed by atoms with E-state index in [1.807, 2.05) is 0 Å². The Bertz CT molecular complexity index is 364. The van der Waals surface area contributed by atoms with Crippen LogP contribution >= 0.6 is 0 Å². The van der Waals surface area contributed by atoms with Crippen LogP contribution in [0.1, 0.15) is 51.9 Å². The number of likely N-dealkylation sites (tertiary alicyclic amines) is 2. The topological polar surface area (TPSA) is 26.7 Å². The van der Waals surface area contributed by atoms with Crippen LogP contribution in [0.15, 0.2) is 23.8 Å². The Morgan fingerprint density at radius 3 is 2.32 bits per heavy atom. The van der Waals surface area contributed by atoms with Crippen molar-refractivity contribution in [2.75, 3.05) is 33.3 Å². The summed E-state index contributed by atoms with van der Waals surface area (Å²) in [6.07, 6.45) is 16.7. The first-order chi connectivity index (χ1) is 10.8. The lowest BCUT2D eigenvalue weighted by atomic mass is 9.98. The van der Waals surface area contributed by atoms with Crippen molar-refractivity contribution < 1.29 is 5.11 Å². The second-order valence-corrected chi connectivity index (χ2v) is 6.85. The summed E-state index contributed by atoms with van der Waals surface area (Å²) < 4.78 is 0. The number of hydrogen-bond acceptors (Lipinski definition) is 3. The molecule has 3 rings (SSSR count). The molecular formula is C19H34N2O. The number of aliphatic hydroxyl groups is 1. The molecular weight excluding hydrogens is 272 g/mol. The predicted octanol–water partition coefficient (Wildman–Crippen LogP) is 3.21. The summed E-state index contributed by atoms with van der Waals surface area (Å²) in [7, 11) is 1.00. The summed E-state index contributed by atoms with van der Waals surface area (Å²) in [5.74, 6) is 0. The van der Waals surface area contributed by atoms with Gasteiger partial charge in [-0.15, -0.1) is 0 Å². The Labute approximate surface area is 136 Å². The van der Waals surface area contributed by atoms with Crippen molar-refractivity contribution in [3.8, 4) is 0 Å². The second-order valence-electron chi connectivity index (χ2n) is 6.85. The fourth-order valence-electron chi connectivity index (χ4n) is 4.03. The van der Waals surface area contributed by atoms with Crippen molar-refractivity contribution in [2.24, 2.45) is 0 Å². The highest BCUT2D eigenvalue weighted by atomic mass is 16.2. The molecule has 22 heavy (non-hydrogen) atoms. The number of hydrogen-bond donors (Lipinski definition) is 1. The first kappa shape index (κ1) is 17.7. The summed E-state index contributed by atoms with van der Waals surface area (Å²) in [5, 5.41) is 7.00. The molecule has 0 amide bonds. The van der Waals surface area contributed by atoms with E-state index in [0.29, 0.717) is 6.04 Å². The van der Waals surface area contributed by atoms with E-state index in [1.54, 1.807) is 0 Å². The molecule has 0 spiro atoms. The van der Waals surface area contributed by atoms with Crippen LogP contribution in [-0.4, -0.2) is 60.3 Å². The highest BCUT2D eigenvalue weighted by Crippen LogP contribution is 2.24. The standard InChI is InChI=1S/C18H30N2.CH4O/c1-16-6-5-7-17(9-8-16)20-14-10-18(11-15-20)19-12-3-2-4-13-19;1-2/h5,7-8,17-18H,2-4,6,9-15H2,1H3;2H,1H3. The van der Waals surface area contributed by atoms with Crippen LogP contribution in [-0.2, 0) is 0 Å². The van der Waals surface area contributed by atoms with E-state index in [1.165, 1.54) is 70.3 Å². The highest BCUT2D eigenvalue weighted by Gasteiger charge is 2.27. The third kappa shape index (κ3) is 4.94. The van der Waals surface area contributed by atoms with E-state index >= 15 is 0 Å². The van der Waals surface area contributed by atoms with Crippen LogP contribution in [0.25, 0.3) is 0 Å². The van der Waals surface area contributed by atoms with Gasteiger partial charge in [0.1, 0.15) is 0 Å². The van der Waals surface area contributed by atoms with Crippen LogP contribution in [0.5, 0.6) is 0 Å². The quantitative estimate of drug-likeness (QED) is 0.794. The fourth-order valence-corrected chi connectivity index (χ4v) is 4.03. The molecule has 2 saturated heterocycles. The van der Waals surface area contributed by atoms with E-state index in [4.69, 9.17) is 5.11 Å². The van der Waals surface area contributed by atoms with E-state index < -0.39 is 0 Å². The van der Waals surface area contributed by atoms with Gasteiger partial charge in [0.2, 0.25) is 0 Å². The van der Waals surface area contributed by atoms with Crippen LogP contribution in [0.3, 0.4) is 0 Å². The third-order valence-corrected chi connectivity index (χ3v) is 5.38. The molecule has 0 aromatic heterocycles. The molecule has 126 valence electrons. The number of piperidine rings is 2. The summed E-state index contributed by atoms with van der Waals surface area (Å²) >= 11 is 0. The molecule has 0 saturated carbocycles. The van der Waals surface area contributed by atoms with E-state index in [-0.39, 0.29) is 0 Å². The second kappa shape index (κ2) is 9.49. The molecule has 0 aromatic carbocycles. The molecule has 3 aliphatic rings.